The van der Waals surface area contributed by atoms with E-state index in [9.17, 15) is 13.2 Å². The summed E-state index contributed by atoms with van der Waals surface area (Å²) in [5.74, 6) is 0. The minimum absolute atomic E-state index is 0.403. The van der Waals surface area contributed by atoms with Gasteiger partial charge in [-0.2, -0.15) is 13.2 Å². The van der Waals surface area contributed by atoms with Crippen molar-refractivity contribution in [2.24, 2.45) is 0 Å². The van der Waals surface area contributed by atoms with E-state index in [1.54, 1.807) is 0 Å². The van der Waals surface area contributed by atoms with Gasteiger partial charge in [0.15, 0.2) is 0 Å². The smallest absolute Gasteiger partial charge is 0.416 e. The molecule has 0 aliphatic rings. The molecule has 0 saturated carbocycles. The molecule has 0 aliphatic carbocycles. The van der Waals surface area contributed by atoms with Crippen LogP contribution in [0.3, 0.4) is 0 Å². The van der Waals surface area contributed by atoms with Gasteiger partial charge in [0.1, 0.15) is 15.3 Å². The molecule has 0 aromatic heterocycles. The Hall–Kier alpha value is -0.233. The molecule has 0 spiro atoms. The van der Waals surface area contributed by atoms with Crippen LogP contribution in [0.15, 0.2) is 24.3 Å². The lowest BCUT2D eigenvalue weighted by Crippen LogP contribution is -2.11. The summed E-state index contributed by atoms with van der Waals surface area (Å²) in [4.78, 5) is -0.797. The maximum Gasteiger partial charge on any atom is 0.416 e. The van der Waals surface area contributed by atoms with Crippen molar-refractivity contribution in [2.45, 2.75) is 17.1 Å². The Morgan fingerprint density at radius 2 is 1.62 bits per heavy atom. The second kappa shape index (κ2) is 5.40. The van der Waals surface area contributed by atoms with Crippen molar-refractivity contribution in [3.63, 3.8) is 0 Å². The van der Waals surface area contributed by atoms with Crippen molar-refractivity contribution in [1.29, 1.82) is 0 Å². The van der Waals surface area contributed by atoms with Crippen LogP contribution in [0.2, 0.25) is 0 Å². The van der Waals surface area contributed by atoms with Crippen molar-refractivity contribution in [1.82, 2.24) is 0 Å². The van der Waals surface area contributed by atoms with E-state index in [2.05, 4.69) is 0 Å². The number of hydrogen-bond donors (Lipinski definition) is 0. The summed E-state index contributed by atoms with van der Waals surface area (Å²) >= 11 is 11.3. The number of alkyl halides is 5. The summed E-state index contributed by atoms with van der Waals surface area (Å²) in [6.45, 7) is 0. The Morgan fingerprint density at radius 1 is 1.12 bits per heavy atom. The third-order valence-electron chi connectivity index (χ3n) is 2.05. The minimum atomic E-state index is -4.34. The van der Waals surface area contributed by atoms with Gasteiger partial charge in [-0.25, -0.2) is 0 Å². The first-order chi connectivity index (χ1) is 7.36. The quantitative estimate of drug-likeness (QED) is 0.614. The molecule has 0 amide bonds. The van der Waals surface area contributed by atoms with Crippen LogP contribution in [0.1, 0.15) is 17.2 Å². The van der Waals surface area contributed by atoms with E-state index in [1.807, 2.05) is 0 Å². The first-order valence-electron chi connectivity index (χ1n) is 4.34. The van der Waals surface area contributed by atoms with Gasteiger partial charge in [-0.3, -0.25) is 0 Å². The standard InChI is InChI=1S/C9H9Cl2F3OSi/c10-8(11)7(15-16)5-1-3-6(4-2-5)9(12,13)14/h1-4,7-8H,16H3. The maximum absolute atomic E-state index is 12.3. The Labute approximate surface area is 104 Å². The van der Waals surface area contributed by atoms with Crippen LogP contribution in [0.4, 0.5) is 13.2 Å². The average molecular weight is 289 g/mol. The Bertz CT molecular complexity index is 340. The summed E-state index contributed by atoms with van der Waals surface area (Å²) < 4.78 is 42.0. The monoisotopic (exact) mass is 288 g/mol. The summed E-state index contributed by atoms with van der Waals surface area (Å²) in [5.41, 5.74) is -0.165. The summed E-state index contributed by atoms with van der Waals surface area (Å²) in [6, 6.07) is 4.62. The van der Waals surface area contributed by atoms with Crippen LogP contribution in [-0.2, 0) is 10.6 Å². The molecule has 0 aliphatic heterocycles. The van der Waals surface area contributed by atoms with E-state index in [4.69, 9.17) is 27.6 Å². The Morgan fingerprint density at radius 3 is 1.94 bits per heavy atom. The molecule has 90 valence electrons. The van der Waals surface area contributed by atoms with Gasteiger partial charge in [-0.15, -0.1) is 23.2 Å². The predicted octanol–water partition coefficient (Wildman–Crippen LogP) is 2.85. The van der Waals surface area contributed by atoms with Crippen LogP contribution < -0.4 is 0 Å². The molecular formula is C9H9Cl2F3OSi. The van der Waals surface area contributed by atoms with Gasteiger partial charge in [0.05, 0.1) is 11.7 Å². The molecule has 0 fully saturated rings. The van der Waals surface area contributed by atoms with E-state index in [0.29, 0.717) is 16.0 Å². The summed E-state index contributed by atoms with van der Waals surface area (Å²) in [6.07, 6.45) is -4.91. The zero-order valence-electron chi connectivity index (χ0n) is 8.26. The van der Waals surface area contributed by atoms with E-state index < -0.39 is 22.7 Å². The highest BCUT2D eigenvalue weighted by Crippen LogP contribution is 2.32. The molecule has 0 saturated heterocycles. The van der Waals surface area contributed by atoms with Crippen LogP contribution in [0.25, 0.3) is 0 Å². The molecule has 1 nitrogen and oxygen atoms in total. The zero-order chi connectivity index (χ0) is 12.3. The molecule has 1 aromatic carbocycles. The molecule has 1 aromatic rings. The highest BCUT2D eigenvalue weighted by molar-refractivity contribution is 6.44. The zero-order valence-corrected chi connectivity index (χ0v) is 11.8. The molecule has 7 heteroatoms. The first-order valence-corrected chi connectivity index (χ1v) is 6.03. The highest BCUT2D eigenvalue weighted by Gasteiger charge is 2.30. The molecule has 0 bridgehead atoms. The van der Waals surface area contributed by atoms with Crippen molar-refractivity contribution in [2.75, 3.05) is 0 Å². The van der Waals surface area contributed by atoms with Crippen LogP contribution in [0, 0.1) is 0 Å². The first kappa shape index (κ1) is 13.8. The average Bonchev–Trinajstić information content (AvgIpc) is 2.17. The summed E-state index contributed by atoms with van der Waals surface area (Å²) in [5, 5.41) is 0. The van der Waals surface area contributed by atoms with Gasteiger partial charge >= 0.3 is 6.18 Å². The van der Waals surface area contributed by atoms with Gasteiger partial charge in [0.25, 0.3) is 0 Å². The highest BCUT2D eigenvalue weighted by atomic mass is 35.5. The molecule has 1 unspecified atom stereocenters. The minimum Gasteiger partial charge on any atom is -0.418 e. The van der Waals surface area contributed by atoms with Crippen LogP contribution in [-0.4, -0.2) is 15.3 Å². The van der Waals surface area contributed by atoms with E-state index in [0.717, 1.165) is 12.1 Å². The number of benzene rings is 1. The van der Waals surface area contributed by atoms with Crippen LogP contribution in [0.5, 0.6) is 0 Å². The van der Waals surface area contributed by atoms with Crippen molar-refractivity contribution < 1.29 is 17.6 Å². The normalized spacial score (nSPS) is 14.4. The Balaban J connectivity index is 2.94. The lowest BCUT2D eigenvalue weighted by molar-refractivity contribution is -0.137. The van der Waals surface area contributed by atoms with Gasteiger partial charge < -0.3 is 4.43 Å². The van der Waals surface area contributed by atoms with Gasteiger partial charge in [-0.1, -0.05) is 12.1 Å². The SMILES string of the molecule is FC(F)(F)c1ccc(C(O[SiH3])C(Cl)Cl)cc1. The maximum atomic E-state index is 12.3. The van der Waals surface area contributed by atoms with Crippen molar-refractivity contribution >= 4 is 33.7 Å². The molecule has 1 rings (SSSR count). The lowest BCUT2D eigenvalue weighted by atomic mass is 10.1. The Kier molecular flexibility index (Phi) is 4.67. The van der Waals surface area contributed by atoms with Crippen LogP contribution >= 0.6 is 23.2 Å². The fraction of sp³-hybridized carbons (Fsp3) is 0.333. The van der Waals surface area contributed by atoms with Gasteiger partial charge in [0.2, 0.25) is 0 Å². The molecule has 0 heterocycles. The molecule has 0 radical (unpaired) electrons. The van der Waals surface area contributed by atoms with Gasteiger partial charge in [0, 0.05) is 0 Å². The second-order valence-electron chi connectivity index (χ2n) is 3.11. The molecule has 16 heavy (non-hydrogen) atoms. The predicted molar refractivity (Wildman–Crippen MR) is 60.7 cm³/mol. The molecular weight excluding hydrogens is 280 g/mol. The number of rotatable bonds is 3. The third kappa shape index (κ3) is 3.38. The third-order valence-corrected chi connectivity index (χ3v) is 3.01. The van der Waals surface area contributed by atoms with E-state index in [1.165, 1.54) is 12.1 Å². The van der Waals surface area contributed by atoms with Crippen molar-refractivity contribution in [3.8, 4) is 0 Å². The fourth-order valence-electron chi connectivity index (χ4n) is 1.25. The fourth-order valence-corrected chi connectivity index (χ4v) is 2.63. The van der Waals surface area contributed by atoms with E-state index >= 15 is 0 Å². The van der Waals surface area contributed by atoms with E-state index in [-0.39, 0.29) is 0 Å². The molecule has 0 N–H and O–H groups in total. The van der Waals surface area contributed by atoms with Gasteiger partial charge in [-0.05, 0) is 17.7 Å². The summed E-state index contributed by atoms with van der Waals surface area (Å²) in [7, 11) is 0.403. The largest absolute Gasteiger partial charge is 0.418 e. The lowest BCUT2D eigenvalue weighted by Gasteiger charge is -2.17. The topological polar surface area (TPSA) is 9.23 Å². The van der Waals surface area contributed by atoms with Crippen molar-refractivity contribution in [3.05, 3.63) is 35.4 Å². The number of halogens is 5. The second-order valence-corrected chi connectivity index (χ2v) is 4.75. The molecule has 1 atom stereocenters. The number of hydrogen-bond acceptors (Lipinski definition) is 1.